The Kier molecular flexibility index (Phi) is 4.92. The summed E-state index contributed by atoms with van der Waals surface area (Å²) in [6.45, 7) is 0.320. The molecule has 8 heteroatoms. The predicted octanol–water partition coefficient (Wildman–Crippen LogP) is 4.95. The lowest BCUT2D eigenvalue weighted by Crippen LogP contribution is -2.26. The van der Waals surface area contributed by atoms with Gasteiger partial charge >= 0.3 is 11.9 Å². The van der Waals surface area contributed by atoms with Crippen molar-refractivity contribution in [1.82, 2.24) is 9.13 Å². The lowest BCUT2D eigenvalue weighted by Gasteiger charge is -2.10. The molecule has 5 nitrogen and oxygen atoms in total. The second-order valence-corrected chi connectivity index (χ2v) is 7.78. The van der Waals surface area contributed by atoms with Gasteiger partial charge in [-0.15, -0.1) is 0 Å². The number of aromatic nitrogens is 2. The van der Waals surface area contributed by atoms with Crippen LogP contribution in [0.2, 0.25) is 0 Å². The van der Waals surface area contributed by atoms with Gasteiger partial charge in [-0.25, -0.2) is 9.79 Å². The van der Waals surface area contributed by atoms with Crippen LogP contribution in [-0.2, 0) is 19.3 Å². The first-order valence-electron chi connectivity index (χ1n) is 10.2. The molecule has 5 rings (SSSR count). The average molecular weight is 449 g/mol. The van der Waals surface area contributed by atoms with Crippen molar-refractivity contribution in [1.29, 1.82) is 0 Å². The fraction of sp³-hybridized carbons (Fsp3) is 0.120. The number of hydrogen-bond donors (Lipinski definition) is 1. The van der Waals surface area contributed by atoms with Crippen LogP contribution in [-0.4, -0.2) is 20.0 Å². The lowest BCUT2D eigenvalue weighted by atomic mass is 10.0. The number of imidazole rings is 1. The fourth-order valence-electron chi connectivity index (χ4n) is 3.99. The first-order chi connectivity index (χ1) is 15.8. The van der Waals surface area contributed by atoms with Crippen LogP contribution in [0.25, 0.3) is 0 Å². The number of nitrogens with zero attached hydrogens (tertiary/aromatic N) is 3. The molecule has 0 aliphatic carbocycles. The minimum absolute atomic E-state index is 0.146. The van der Waals surface area contributed by atoms with Crippen molar-refractivity contribution in [3.8, 4) is 5.88 Å². The fourth-order valence-corrected chi connectivity index (χ4v) is 3.99. The van der Waals surface area contributed by atoms with E-state index in [0.29, 0.717) is 11.3 Å². The third-order valence-corrected chi connectivity index (χ3v) is 5.65. The Labute approximate surface area is 186 Å². The van der Waals surface area contributed by atoms with Crippen LogP contribution in [0.1, 0.15) is 27.9 Å². The molecule has 1 aliphatic heterocycles. The van der Waals surface area contributed by atoms with Crippen LogP contribution >= 0.6 is 0 Å². The molecule has 0 saturated carbocycles. The summed E-state index contributed by atoms with van der Waals surface area (Å²) in [5.41, 5.74) is 1.72. The molecule has 0 fully saturated rings. The highest BCUT2D eigenvalue weighted by molar-refractivity contribution is 6.14. The van der Waals surface area contributed by atoms with Crippen LogP contribution in [0, 0.1) is 0 Å². The van der Waals surface area contributed by atoms with Gasteiger partial charge in [-0.05, 0) is 29.3 Å². The summed E-state index contributed by atoms with van der Waals surface area (Å²) in [4.78, 5) is 18.0. The number of alkyl halides is 3. The van der Waals surface area contributed by atoms with Gasteiger partial charge in [0.1, 0.15) is 11.4 Å². The highest BCUT2D eigenvalue weighted by Gasteiger charge is 2.31. The first kappa shape index (κ1) is 20.8. The normalized spacial score (nSPS) is 13.1. The van der Waals surface area contributed by atoms with Gasteiger partial charge in [0.15, 0.2) is 0 Å². The molecule has 1 N–H and O–H groups in total. The summed E-state index contributed by atoms with van der Waals surface area (Å²) in [7, 11) is 0. The first-order valence-corrected chi connectivity index (χ1v) is 10.2. The zero-order valence-corrected chi connectivity index (χ0v) is 17.3. The zero-order valence-electron chi connectivity index (χ0n) is 17.3. The second kappa shape index (κ2) is 7.81. The molecule has 0 radical (unpaired) electrons. The van der Waals surface area contributed by atoms with Gasteiger partial charge in [0, 0.05) is 5.56 Å². The van der Waals surface area contributed by atoms with E-state index in [0.717, 1.165) is 23.3 Å². The van der Waals surface area contributed by atoms with Crippen molar-refractivity contribution in [3.63, 3.8) is 0 Å². The SMILES string of the molecule is O=c1n(Cc2ccccc2)c(O)c2n1Cc1ccccc1N=C2c1ccc(C(F)(F)F)cc1. The van der Waals surface area contributed by atoms with E-state index in [-0.39, 0.29) is 30.4 Å². The topological polar surface area (TPSA) is 59.5 Å². The van der Waals surface area contributed by atoms with E-state index in [1.165, 1.54) is 21.3 Å². The highest BCUT2D eigenvalue weighted by Crippen LogP contribution is 2.33. The molecule has 1 aromatic heterocycles. The number of aromatic hydroxyl groups is 1. The zero-order chi connectivity index (χ0) is 23.2. The number of halogens is 3. The molecular weight excluding hydrogens is 431 g/mol. The number of aliphatic imine (C=N–C) groups is 1. The number of para-hydroxylation sites is 1. The van der Waals surface area contributed by atoms with E-state index in [4.69, 9.17) is 0 Å². The van der Waals surface area contributed by atoms with Crippen LogP contribution in [0.15, 0.2) is 88.6 Å². The van der Waals surface area contributed by atoms with E-state index in [2.05, 4.69) is 4.99 Å². The summed E-state index contributed by atoms with van der Waals surface area (Å²) in [5.74, 6) is -0.282. The molecule has 0 spiro atoms. The molecule has 166 valence electrons. The standard InChI is InChI=1S/C25H18F3N3O2/c26-25(27,28)19-12-10-17(11-13-19)21-22-23(32)31(14-16-6-2-1-3-7-16)24(33)30(22)15-18-8-4-5-9-20(18)29-21/h1-13,32H,14-15H2. The van der Waals surface area contributed by atoms with Crippen molar-refractivity contribution in [2.24, 2.45) is 4.99 Å². The summed E-state index contributed by atoms with van der Waals surface area (Å²) in [6.07, 6.45) is -4.47. The van der Waals surface area contributed by atoms with Crippen LogP contribution < -0.4 is 5.69 Å². The van der Waals surface area contributed by atoms with E-state index in [1.54, 1.807) is 12.1 Å². The summed E-state index contributed by atoms with van der Waals surface area (Å²) in [6, 6.07) is 21.0. The van der Waals surface area contributed by atoms with Crippen LogP contribution in [0.5, 0.6) is 5.88 Å². The minimum atomic E-state index is -4.47. The Balaban J connectivity index is 1.70. The van der Waals surface area contributed by atoms with Crippen molar-refractivity contribution in [3.05, 3.63) is 117 Å². The van der Waals surface area contributed by atoms with Crippen molar-refractivity contribution in [2.75, 3.05) is 0 Å². The largest absolute Gasteiger partial charge is 0.493 e. The maximum absolute atomic E-state index is 13.3. The Hall–Kier alpha value is -4.07. The quantitative estimate of drug-likeness (QED) is 0.424. The van der Waals surface area contributed by atoms with Gasteiger partial charge in [0.05, 0.1) is 24.3 Å². The molecule has 33 heavy (non-hydrogen) atoms. The monoisotopic (exact) mass is 449 g/mol. The maximum atomic E-state index is 13.3. The van der Waals surface area contributed by atoms with Gasteiger partial charge in [-0.2, -0.15) is 13.2 Å². The highest BCUT2D eigenvalue weighted by atomic mass is 19.4. The molecule has 3 aromatic carbocycles. The molecule has 0 saturated heterocycles. The van der Waals surface area contributed by atoms with Gasteiger partial charge < -0.3 is 5.11 Å². The summed E-state index contributed by atoms with van der Waals surface area (Å²) >= 11 is 0. The molecular formula is C25H18F3N3O2. The van der Waals surface area contributed by atoms with Gasteiger partial charge in [0.25, 0.3) is 0 Å². The Bertz CT molecular complexity index is 1420. The number of benzene rings is 3. The molecule has 0 bridgehead atoms. The van der Waals surface area contributed by atoms with Crippen LogP contribution in [0.3, 0.4) is 0 Å². The van der Waals surface area contributed by atoms with Gasteiger partial charge in [-0.3, -0.25) is 9.13 Å². The van der Waals surface area contributed by atoms with Gasteiger partial charge in [0.2, 0.25) is 5.88 Å². The molecule has 1 aliphatic rings. The van der Waals surface area contributed by atoms with E-state index in [1.807, 2.05) is 42.5 Å². The average Bonchev–Trinajstić information content (AvgIpc) is 2.95. The van der Waals surface area contributed by atoms with Gasteiger partial charge in [-0.1, -0.05) is 60.7 Å². The molecule has 4 aromatic rings. The molecule has 2 heterocycles. The van der Waals surface area contributed by atoms with Crippen LogP contribution in [0.4, 0.5) is 18.9 Å². The number of rotatable bonds is 3. The Morgan fingerprint density at radius 2 is 1.58 bits per heavy atom. The number of fused-ring (bicyclic) bond motifs is 2. The third kappa shape index (κ3) is 3.73. The summed E-state index contributed by atoms with van der Waals surface area (Å²) < 4.78 is 41.9. The third-order valence-electron chi connectivity index (χ3n) is 5.65. The molecule has 0 atom stereocenters. The maximum Gasteiger partial charge on any atom is 0.416 e. The van der Waals surface area contributed by atoms with Crippen molar-refractivity contribution >= 4 is 11.4 Å². The van der Waals surface area contributed by atoms with E-state index >= 15 is 0 Å². The van der Waals surface area contributed by atoms with E-state index < -0.39 is 17.4 Å². The minimum Gasteiger partial charge on any atom is -0.493 e. The van der Waals surface area contributed by atoms with Crippen molar-refractivity contribution < 1.29 is 18.3 Å². The van der Waals surface area contributed by atoms with Crippen molar-refractivity contribution in [2.45, 2.75) is 19.3 Å². The second-order valence-electron chi connectivity index (χ2n) is 7.78. The Morgan fingerprint density at radius 1 is 0.909 bits per heavy atom. The van der Waals surface area contributed by atoms with E-state index in [9.17, 15) is 23.1 Å². The summed E-state index contributed by atoms with van der Waals surface area (Å²) in [5, 5.41) is 11.1. The Morgan fingerprint density at radius 3 is 2.27 bits per heavy atom. The lowest BCUT2D eigenvalue weighted by molar-refractivity contribution is -0.137. The molecule has 0 amide bonds. The molecule has 0 unspecified atom stereocenters. The smallest absolute Gasteiger partial charge is 0.416 e. The number of hydrogen-bond acceptors (Lipinski definition) is 3. The predicted molar refractivity (Wildman–Crippen MR) is 118 cm³/mol.